The first-order valence-corrected chi connectivity index (χ1v) is 7.99. The largest absolute Gasteiger partial charge is 0.361 e. The molecule has 1 heterocycles. The zero-order valence-corrected chi connectivity index (χ0v) is 14.1. The highest BCUT2D eigenvalue weighted by atomic mass is 32.2. The molecular formula is C15H28N2OS. The standard InChI is InChI=1S/C15H28N2OS/c1-10(8-14-12(3)17-18-13(14)4)16-11(2)9-19-15(5,6)7/h10-11,16H,8-9H2,1-7H3. The van der Waals surface area contributed by atoms with E-state index < -0.39 is 0 Å². The van der Waals surface area contributed by atoms with Crippen molar-refractivity contribution in [3.05, 3.63) is 17.0 Å². The van der Waals surface area contributed by atoms with Gasteiger partial charge in [-0.1, -0.05) is 25.9 Å². The molecule has 0 saturated heterocycles. The highest BCUT2D eigenvalue weighted by Gasteiger charge is 2.16. The van der Waals surface area contributed by atoms with Gasteiger partial charge in [0.2, 0.25) is 0 Å². The Kier molecular flexibility index (Phi) is 5.93. The van der Waals surface area contributed by atoms with Crippen molar-refractivity contribution in [3.8, 4) is 0 Å². The van der Waals surface area contributed by atoms with Crippen LogP contribution < -0.4 is 5.32 Å². The molecule has 1 rings (SSSR count). The van der Waals surface area contributed by atoms with E-state index in [4.69, 9.17) is 4.52 Å². The highest BCUT2D eigenvalue weighted by molar-refractivity contribution is 8.00. The van der Waals surface area contributed by atoms with Crippen LogP contribution in [0.25, 0.3) is 0 Å². The lowest BCUT2D eigenvalue weighted by molar-refractivity contribution is 0.391. The van der Waals surface area contributed by atoms with Crippen molar-refractivity contribution in [1.82, 2.24) is 10.5 Å². The third-order valence-corrected chi connectivity index (χ3v) is 4.56. The Morgan fingerprint density at radius 3 is 2.32 bits per heavy atom. The zero-order valence-electron chi connectivity index (χ0n) is 13.3. The molecule has 3 nitrogen and oxygen atoms in total. The molecule has 0 aliphatic heterocycles. The quantitative estimate of drug-likeness (QED) is 0.864. The van der Waals surface area contributed by atoms with E-state index in [0.717, 1.165) is 23.6 Å². The lowest BCUT2D eigenvalue weighted by atomic mass is 10.1. The van der Waals surface area contributed by atoms with Crippen molar-refractivity contribution >= 4 is 11.8 Å². The second-order valence-corrected chi connectivity index (χ2v) is 8.25. The minimum absolute atomic E-state index is 0.334. The van der Waals surface area contributed by atoms with Crippen molar-refractivity contribution in [2.45, 2.75) is 71.7 Å². The Balaban J connectivity index is 2.41. The van der Waals surface area contributed by atoms with Gasteiger partial charge in [0.25, 0.3) is 0 Å². The van der Waals surface area contributed by atoms with Crippen LogP contribution >= 0.6 is 11.8 Å². The summed E-state index contributed by atoms with van der Waals surface area (Å²) < 4.78 is 5.55. The summed E-state index contributed by atoms with van der Waals surface area (Å²) in [5.41, 5.74) is 2.26. The van der Waals surface area contributed by atoms with E-state index >= 15 is 0 Å². The second-order valence-electron chi connectivity index (χ2n) is 6.40. The zero-order chi connectivity index (χ0) is 14.6. The maximum Gasteiger partial charge on any atom is 0.137 e. The maximum atomic E-state index is 5.21. The molecule has 0 spiro atoms. The lowest BCUT2D eigenvalue weighted by Crippen LogP contribution is -2.38. The monoisotopic (exact) mass is 284 g/mol. The van der Waals surface area contributed by atoms with Crippen LogP contribution in [0.3, 0.4) is 0 Å². The Morgan fingerprint density at radius 1 is 1.21 bits per heavy atom. The van der Waals surface area contributed by atoms with Gasteiger partial charge in [-0.2, -0.15) is 11.8 Å². The van der Waals surface area contributed by atoms with Crippen molar-refractivity contribution < 1.29 is 4.52 Å². The lowest BCUT2D eigenvalue weighted by Gasteiger charge is -2.24. The van der Waals surface area contributed by atoms with E-state index in [0.29, 0.717) is 16.8 Å². The molecular weight excluding hydrogens is 256 g/mol. The SMILES string of the molecule is Cc1noc(C)c1CC(C)NC(C)CSC(C)(C)C. The van der Waals surface area contributed by atoms with Crippen molar-refractivity contribution in [3.63, 3.8) is 0 Å². The van der Waals surface area contributed by atoms with Crippen LogP contribution in [0.2, 0.25) is 0 Å². The van der Waals surface area contributed by atoms with E-state index in [1.165, 1.54) is 5.56 Å². The Morgan fingerprint density at radius 2 is 1.84 bits per heavy atom. The van der Waals surface area contributed by atoms with E-state index in [2.05, 4.69) is 45.1 Å². The second kappa shape index (κ2) is 6.80. The minimum atomic E-state index is 0.334. The van der Waals surface area contributed by atoms with Gasteiger partial charge in [-0.25, -0.2) is 0 Å². The summed E-state index contributed by atoms with van der Waals surface area (Å²) >= 11 is 2.00. The maximum absolute atomic E-state index is 5.21. The van der Waals surface area contributed by atoms with Crippen molar-refractivity contribution in [1.29, 1.82) is 0 Å². The summed E-state index contributed by atoms with van der Waals surface area (Å²) in [6, 6.07) is 0.951. The summed E-state index contributed by atoms with van der Waals surface area (Å²) in [6.07, 6.45) is 0.978. The van der Waals surface area contributed by atoms with Crippen LogP contribution in [0.15, 0.2) is 4.52 Å². The summed E-state index contributed by atoms with van der Waals surface area (Å²) in [5, 5.41) is 7.66. The molecule has 0 saturated carbocycles. The molecule has 110 valence electrons. The molecule has 1 aromatic heterocycles. The molecule has 0 bridgehead atoms. The molecule has 0 aliphatic rings. The van der Waals surface area contributed by atoms with Gasteiger partial charge in [0.1, 0.15) is 5.76 Å². The van der Waals surface area contributed by atoms with Crippen LogP contribution in [0.1, 0.15) is 51.6 Å². The molecule has 0 aromatic carbocycles. The predicted octanol–water partition coefficient (Wildman–Crippen LogP) is 3.73. The van der Waals surface area contributed by atoms with Crippen LogP contribution in [0.4, 0.5) is 0 Å². The molecule has 0 radical (unpaired) electrons. The van der Waals surface area contributed by atoms with Gasteiger partial charge >= 0.3 is 0 Å². The molecule has 1 N–H and O–H groups in total. The van der Waals surface area contributed by atoms with Gasteiger partial charge in [0.15, 0.2) is 0 Å². The number of aryl methyl sites for hydroxylation is 2. The summed E-state index contributed by atoms with van der Waals surface area (Å²) in [5.74, 6) is 2.08. The molecule has 0 fully saturated rings. The van der Waals surface area contributed by atoms with E-state index in [1.807, 2.05) is 25.6 Å². The van der Waals surface area contributed by atoms with Gasteiger partial charge in [0.05, 0.1) is 5.69 Å². The minimum Gasteiger partial charge on any atom is -0.361 e. The fraction of sp³-hybridized carbons (Fsp3) is 0.800. The van der Waals surface area contributed by atoms with Gasteiger partial charge in [0, 0.05) is 28.1 Å². The number of thioether (sulfide) groups is 1. The normalized spacial score (nSPS) is 15.5. The van der Waals surface area contributed by atoms with Crippen molar-refractivity contribution in [2.75, 3.05) is 5.75 Å². The molecule has 2 atom stereocenters. The fourth-order valence-corrected chi connectivity index (χ4v) is 2.91. The summed E-state index contributed by atoms with van der Waals surface area (Å²) in [7, 11) is 0. The first kappa shape index (κ1) is 16.6. The van der Waals surface area contributed by atoms with Gasteiger partial charge < -0.3 is 9.84 Å². The third kappa shape index (κ3) is 6.00. The topological polar surface area (TPSA) is 38.1 Å². The number of nitrogens with zero attached hydrogens (tertiary/aromatic N) is 1. The number of hydrogen-bond donors (Lipinski definition) is 1. The number of nitrogens with one attached hydrogen (secondary N) is 1. The Labute approximate surface area is 121 Å². The van der Waals surface area contributed by atoms with E-state index in [9.17, 15) is 0 Å². The highest BCUT2D eigenvalue weighted by Crippen LogP contribution is 2.23. The summed E-state index contributed by atoms with van der Waals surface area (Å²) in [6.45, 7) is 15.3. The van der Waals surface area contributed by atoms with Gasteiger partial charge in [-0.3, -0.25) is 0 Å². The van der Waals surface area contributed by atoms with Crippen LogP contribution in [0.5, 0.6) is 0 Å². The molecule has 0 aliphatic carbocycles. The van der Waals surface area contributed by atoms with Gasteiger partial charge in [-0.15, -0.1) is 0 Å². The molecule has 0 amide bonds. The first-order valence-electron chi connectivity index (χ1n) is 7.01. The predicted molar refractivity (Wildman–Crippen MR) is 84.0 cm³/mol. The number of rotatable bonds is 6. The smallest absolute Gasteiger partial charge is 0.137 e. The Bertz CT molecular complexity index is 376. The van der Waals surface area contributed by atoms with E-state index in [1.54, 1.807) is 0 Å². The van der Waals surface area contributed by atoms with E-state index in [-0.39, 0.29) is 0 Å². The van der Waals surface area contributed by atoms with Crippen LogP contribution in [-0.2, 0) is 6.42 Å². The van der Waals surface area contributed by atoms with Crippen molar-refractivity contribution in [2.24, 2.45) is 0 Å². The van der Waals surface area contributed by atoms with Gasteiger partial charge in [-0.05, 0) is 34.1 Å². The molecule has 1 aromatic rings. The Hall–Kier alpha value is -0.480. The third-order valence-electron chi connectivity index (χ3n) is 3.03. The van der Waals surface area contributed by atoms with Crippen LogP contribution in [-0.4, -0.2) is 27.7 Å². The number of hydrogen-bond acceptors (Lipinski definition) is 4. The summed E-state index contributed by atoms with van der Waals surface area (Å²) in [4.78, 5) is 0. The average Bonchev–Trinajstić information content (AvgIpc) is 2.57. The number of aromatic nitrogens is 1. The molecule has 19 heavy (non-hydrogen) atoms. The fourth-order valence-electron chi connectivity index (χ4n) is 2.07. The molecule has 4 heteroatoms. The average molecular weight is 284 g/mol. The molecule has 2 unspecified atom stereocenters. The van der Waals surface area contributed by atoms with Crippen LogP contribution in [0, 0.1) is 13.8 Å². The first-order chi connectivity index (χ1) is 8.69.